The summed E-state index contributed by atoms with van der Waals surface area (Å²) in [6.45, 7) is 1.34. The van der Waals surface area contributed by atoms with Crippen molar-refractivity contribution in [1.29, 1.82) is 0 Å². The minimum Gasteiger partial charge on any atom is -0.492 e. The molecule has 94 valence electrons. The van der Waals surface area contributed by atoms with E-state index in [1.807, 2.05) is 48.5 Å². The van der Waals surface area contributed by atoms with E-state index in [0.29, 0.717) is 11.6 Å². The number of rotatable bonds is 5. The number of nitrogens with one attached hydrogen (secondary N) is 1. The Morgan fingerprint density at radius 2 is 1.89 bits per heavy atom. The van der Waals surface area contributed by atoms with Gasteiger partial charge in [-0.2, -0.15) is 0 Å². The van der Waals surface area contributed by atoms with Gasteiger partial charge in [-0.15, -0.1) is 0 Å². The Hall–Kier alpha value is -1.19. The molecule has 1 N–H and O–H groups in total. The summed E-state index contributed by atoms with van der Waals surface area (Å²) in [5.41, 5.74) is 1.01. The Balaban J connectivity index is 1.79. The number of hydrogen-bond acceptors (Lipinski definition) is 2. The van der Waals surface area contributed by atoms with Crippen molar-refractivity contribution in [2.45, 2.75) is 0 Å². The van der Waals surface area contributed by atoms with Crippen LogP contribution in [0.3, 0.4) is 0 Å². The highest BCUT2D eigenvalue weighted by molar-refractivity contribution is 9.10. The van der Waals surface area contributed by atoms with Crippen molar-refractivity contribution in [2.24, 2.45) is 0 Å². The average Bonchev–Trinajstić information content (AvgIpc) is 2.38. The van der Waals surface area contributed by atoms with Crippen molar-refractivity contribution < 1.29 is 4.74 Å². The topological polar surface area (TPSA) is 21.3 Å². The maximum Gasteiger partial charge on any atom is 0.119 e. The number of para-hydroxylation sites is 1. The summed E-state index contributed by atoms with van der Waals surface area (Å²) < 4.78 is 6.54. The molecule has 0 aromatic heterocycles. The SMILES string of the molecule is Clc1ccc(NCCOc2ccccc2)c(Br)c1. The fourth-order valence-electron chi connectivity index (χ4n) is 1.50. The van der Waals surface area contributed by atoms with Gasteiger partial charge in [0, 0.05) is 21.7 Å². The first-order chi connectivity index (χ1) is 8.75. The van der Waals surface area contributed by atoms with E-state index >= 15 is 0 Å². The highest BCUT2D eigenvalue weighted by atomic mass is 79.9. The molecule has 2 nitrogen and oxygen atoms in total. The fraction of sp³-hybridized carbons (Fsp3) is 0.143. The third-order valence-corrected chi connectivity index (χ3v) is 3.25. The van der Waals surface area contributed by atoms with Gasteiger partial charge in [0.05, 0.1) is 0 Å². The van der Waals surface area contributed by atoms with Gasteiger partial charge in [0.15, 0.2) is 0 Å². The maximum atomic E-state index is 5.88. The fourth-order valence-corrected chi connectivity index (χ4v) is 2.33. The lowest BCUT2D eigenvalue weighted by Crippen LogP contribution is -2.11. The van der Waals surface area contributed by atoms with E-state index in [-0.39, 0.29) is 0 Å². The summed E-state index contributed by atoms with van der Waals surface area (Å²) in [6, 6.07) is 15.4. The molecule has 0 atom stereocenters. The van der Waals surface area contributed by atoms with Crippen LogP contribution in [0.2, 0.25) is 5.02 Å². The Morgan fingerprint density at radius 1 is 1.11 bits per heavy atom. The van der Waals surface area contributed by atoms with Crippen LogP contribution in [0.15, 0.2) is 53.0 Å². The molecule has 0 aliphatic heterocycles. The lowest BCUT2D eigenvalue weighted by atomic mass is 10.3. The molecule has 0 saturated carbocycles. The Labute approximate surface area is 120 Å². The molecule has 0 saturated heterocycles. The van der Waals surface area contributed by atoms with Crippen molar-refractivity contribution in [1.82, 2.24) is 0 Å². The van der Waals surface area contributed by atoms with E-state index in [1.54, 1.807) is 0 Å². The molecular formula is C14H13BrClNO. The number of benzene rings is 2. The first-order valence-electron chi connectivity index (χ1n) is 5.62. The number of halogens is 2. The van der Waals surface area contributed by atoms with Crippen LogP contribution in [-0.2, 0) is 0 Å². The van der Waals surface area contributed by atoms with Gasteiger partial charge >= 0.3 is 0 Å². The second kappa shape index (κ2) is 6.66. The molecule has 0 heterocycles. The third kappa shape index (κ3) is 3.93. The molecule has 0 aliphatic carbocycles. The van der Waals surface area contributed by atoms with Crippen LogP contribution >= 0.6 is 27.5 Å². The van der Waals surface area contributed by atoms with Gasteiger partial charge in [0.2, 0.25) is 0 Å². The zero-order valence-corrected chi connectivity index (χ0v) is 12.0. The number of anilines is 1. The molecule has 0 bridgehead atoms. The number of hydrogen-bond donors (Lipinski definition) is 1. The molecule has 2 aromatic rings. The maximum absolute atomic E-state index is 5.88. The molecule has 0 aliphatic rings. The smallest absolute Gasteiger partial charge is 0.119 e. The summed E-state index contributed by atoms with van der Waals surface area (Å²) in [6.07, 6.45) is 0. The summed E-state index contributed by atoms with van der Waals surface area (Å²) in [4.78, 5) is 0. The zero-order chi connectivity index (χ0) is 12.8. The molecule has 18 heavy (non-hydrogen) atoms. The van der Waals surface area contributed by atoms with Crippen molar-refractivity contribution in [3.05, 3.63) is 58.0 Å². The zero-order valence-electron chi connectivity index (χ0n) is 9.70. The van der Waals surface area contributed by atoms with Crippen molar-refractivity contribution in [3.8, 4) is 5.75 Å². The average molecular weight is 327 g/mol. The lowest BCUT2D eigenvalue weighted by Gasteiger charge is -2.10. The summed E-state index contributed by atoms with van der Waals surface area (Å²) in [5.74, 6) is 0.884. The lowest BCUT2D eigenvalue weighted by molar-refractivity contribution is 0.333. The van der Waals surface area contributed by atoms with Crippen molar-refractivity contribution >= 4 is 33.2 Å². The molecule has 2 rings (SSSR count). The third-order valence-electron chi connectivity index (χ3n) is 2.36. The van der Waals surface area contributed by atoms with Gasteiger partial charge in [-0.05, 0) is 46.3 Å². The van der Waals surface area contributed by atoms with E-state index < -0.39 is 0 Å². The standard InChI is InChI=1S/C14H13BrClNO/c15-13-10-11(16)6-7-14(13)17-8-9-18-12-4-2-1-3-5-12/h1-7,10,17H,8-9H2. The van der Waals surface area contributed by atoms with E-state index in [9.17, 15) is 0 Å². The van der Waals surface area contributed by atoms with Crippen LogP contribution in [0.4, 0.5) is 5.69 Å². The molecule has 0 amide bonds. The first-order valence-corrected chi connectivity index (χ1v) is 6.79. The minimum absolute atomic E-state index is 0.610. The van der Waals surface area contributed by atoms with Crippen molar-refractivity contribution in [3.63, 3.8) is 0 Å². The Kier molecular flexibility index (Phi) is 4.90. The second-order valence-corrected chi connectivity index (χ2v) is 5.00. The van der Waals surface area contributed by atoms with Gasteiger partial charge in [0.1, 0.15) is 12.4 Å². The minimum atomic E-state index is 0.610. The summed E-state index contributed by atoms with van der Waals surface area (Å²) in [7, 11) is 0. The van der Waals surface area contributed by atoms with E-state index in [2.05, 4.69) is 21.2 Å². The molecular weight excluding hydrogens is 314 g/mol. The molecule has 2 aromatic carbocycles. The Bertz CT molecular complexity index is 504. The highest BCUT2D eigenvalue weighted by Crippen LogP contribution is 2.25. The van der Waals surface area contributed by atoms with Gasteiger partial charge < -0.3 is 10.1 Å². The van der Waals surface area contributed by atoms with E-state index in [0.717, 1.165) is 22.5 Å². The van der Waals surface area contributed by atoms with Gasteiger partial charge in [-0.3, -0.25) is 0 Å². The number of ether oxygens (including phenoxy) is 1. The van der Waals surface area contributed by atoms with Gasteiger partial charge in [-0.1, -0.05) is 29.8 Å². The summed E-state index contributed by atoms with van der Waals surface area (Å²) in [5, 5.41) is 4.00. The quantitative estimate of drug-likeness (QED) is 0.811. The van der Waals surface area contributed by atoms with Crippen LogP contribution in [-0.4, -0.2) is 13.2 Å². The molecule has 0 unspecified atom stereocenters. The van der Waals surface area contributed by atoms with Gasteiger partial charge in [0.25, 0.3) is 0 Å². The molecule has 4 heteroatoms. The van der Waals surface area contributed by atoms with Gasteiger partial charge in [-0.25, -0.2) is 0 Å². The van der Waals surface area contributed by atoms with Crippen molar-refractivity contribution in [2.75, 3.05) is 18.5 Å². The van der Waals surface area contributed by atoms with Crippen LogP contribution in [0, 0.1) is 0 Å². The highest BCUT2D eigenvalue weighted by Gasteiger charge is 1.99. The molecule has 0 spiro atoms. The second-order valence-electron chi connectivity index (χ2n) is 3.71. The first kappa shape index (κ1) is 13.2. The van der Waals surface area contributed by atoms with Crippen LogP contribution < -0.4 is 10.1 Å². The predicted molar refractivity (Wildman–Crippen MR) is 79.6 cm³/mol. The monoisotopic (exact) mass is 325 g/mol. The molecule has 0 fully saturated rings. The van der Waals surface area contributed by atoms with Crippen LogP contribution in [0.5, 0.6) is 5.75 Å². The van der Waals surface area contributed by atoms with Crippen LogP contribution in [0.25, 0.3) is 0 Å². The molecule has 0 radical (unpaired) electrons. The Morgan fingerprint density at radius 3 is 2.61 bits per heavy atom. The summed E-state index contributed by atoms with van der Waals surface area (Å²) >= 11 is 9.33. The largest absolute Gasteiger partial charge is 0.492 e. The van der Waals surface area contributed by atoms with E-state index in [1.165, 1.54) is 0 Å². The van der Waals surface area contributed by atoms with Crippen LogP contribution in [0.1, 0.15) is 0 Å². The predicted octanol–water partition coefficient (Wildman–Crippen LogP) is 4.59. The van der Waals surface area contributed by atoms with E-state index in [4.69, 9.17) is 16.3 Å². The normalized spacial score (nSPS) is 10.1.